The highest BCUT2D eigenvalue weighted by Gasteiger charge is 2.12. The molecule has 3 heteroatoms. The standard InChI is InChI=1S/C17H10ClNS/c18-12-6-7-15-14(10-12)16(11-4-2-1-3-5-11)13-8-9-20-17(13)19-15/h1-10H. The zero-order valence-corrected chi connectivity index (χ0v) is 12.1. The van der Waals surface area contributed by atoms with Gasteiger partial charge in [-0.05, 0) is 35.2 Å². The van der Waals surface area contributed by atoms with Crippen molar-refractivity contribution >= 4 is 44.1 Å². The fourth-order valence-electron chi connectivity index (χ4n) is 2.55. The maximum absolute atomic E-state index is 6.18. The van der Waals surface area contributed by atoms with Crippen LogP contribution in [-0.4, -0.2) is 4.98 Å². The second-order valence-corrected chi connectivity index (χ2v) is 5.98. The van der Waals surface area contributed by atoms with Crippen LogP contribution in [0.5, 0.6) is 0 Å². The topological polar surface area (TPSA) is 12.9 Å². The molecule has 0 N–H and O–H groups in total. The van der Waals surface area contributed by atoms with E-state index in [0.717, 1.165) is 20.8 Å². The zero-order chi connectivity index (χ0) is 13.5. The molecule has 0 aliphatic heterocycles. The Morgan fingerprint density at radius 2 is 1.75 bits per heavy atom. The smallest absolute Gasteiger partial charge is 0.124 e. The number of aromatic nitrogens is 1. The molecule has 0 radical (unpaired) electrons. The molecule has 0 saturated carbocycles. The van der Waals surface area contributed by atoms with Crippen molar-refractivity contribution in [1.29, 1.82) is 0 Å². The molecular weight excluding hydrogens is 286 g/mol. The van der Waals surface area contributed by atoms with Crippen LogP contribution in [-0.2, 0) is 0 Å². The van der Waals surface area contributed by atoms with Gasteiger partial charge in [-0.3, -0.25) is 0 Å². The van der Waals surface area contributed by atoms with Crippen LogP contribution in [0.1, 0.15) is 0 Å². The van der Waals surface area contributed by atoms with E-state index in [1.807, 2.05) is 24.3 Å². The minimum atomic E-state index is 0.742. The third-order valence-corrected chi connectivity index (χ3v) is 4.47. The second-order valence-electron chi connectivity index (χ2n) is 4.65. The predicted octanol–water partition coefficient (Wildman–Crippen LogP) is 5.77. The van der Waals surface area contributed by atoms with Crippen LogP contribution in [0, 0.1) is 0 Å². The Bertz CT molecular complexity index is 912. The Labute approximate surface area is 125 Å². The van der Waals surface area contributed by atoms with Crippen LogP contribution in [0.3, 0.4) is 0 Å². The van der Waals surface area contributed by atoms with Gasteiger partial charge in [0, 0.05) is 21.4 Å². The molecule has 4 rings (SSSR count). The van der Waals surface area contributed by atoms with E-state index in [1.165, 1.54) is 16.5 Å². The maximum atomic E-state index is 6.18. The SMILES string of the molecule is Clc1ccc2nc3sccc3c(-c3ccccc3)c2c1. The summed E-state index contributed by atoms with van der Waals surface area (Å²) in [6.45, 7) is 0. The molecule has 0 spiro atoms. The van der Waals surface area contributed by atoms with Crippen LogP contribution in [0.2, 0.25) is 5.02 Å². The molecule has 0 aliphatic rings. The zero-order valence-electron chi connectivity index (χ0n) is 10.5. The van der Waals surface area contributed by atoms with Crippen molar-refractivity contribution in [2.75, 3.05) is 0 Å². The molecule has 0 bridgehead atoms. The highest BCUT2D eigenvalue weighted by Crippen LogP contribution is 2.37. The van der Waals surface area contributed by atoms with Gasteiger partial charge in [-0.1, -0.05) is 41.9 Å². The number of fused-ring (bicyclic) bond motifs is 2. The Kier molecular flexibility index (Phi) is 2.72. The summed E-state index contributed by atoms with van der Waals surface area (Å²) in [5, 5.41) is 5.13. The lowest BCUT2D eigenvalue weighted by atomic mass is 9.98. The minimum absolute atomic E-state index is 0.742. The third-order valence-electron chi connectivity index (χ3n) is 3.43. The number of thiophene rings is 1. The first kappa shape index (κ1) is 11.9. The molecule has 0 aliphatic carbocycles. The monoisotopic (exact) mass is 295 g/mol. The van der Waals surface area contributed by atoms with Gasteiger partial charge in [0.15, 0.2) is 0 Å². The lowest BCUT2D eigenvalue weighted by Crippen LogP contribution is -1.86. The van der Waals surface area contributed by atoms with E-state index in [0.29, 0.717) is 0 Å². The molecule has 0 atom stereocenters. The summed E-state index contributed by atoms with van der Waals surface area (Å²) in [4.78, 5) is 5.79. The van der Waals surface area contributed by atoms with Crippen molar-refractivity contribution in [3.63, 3.8) is 0 Å². The maximum Gasteiger partial charge on any atom is 0.124 e. The van der Waals surface area contributed by atoms with Crippen LogP contribution in [0.4, 0.5) is 0 Å². The van der Waals surface area contributed by atoms with E-state index < -0.39 is 0 Å². The summed E-state index contributed by atoms with van der Waals surface area (Å²) in [6, 6.07) is 18.4. The van der Waals surface area contributed by atoms with Gasteiger partial charge in [0.25, 0.3) is 0 Å². The summed E-state index contributed by atoms with van der Waals surface area (Å²) < 4.78 is 0. The molecule has 2 heterocycles. The molecule has 0 unspecified atom stereocenters. The van der Waals surface area contributed by atoms with Gasteiger partial charge in [0.2, 0.25) is 0 Å². The van der Waals surface area contributed by atoms with Crippen LogP contribution in [0.15, 0.2) is 60.0 Å². The number of nitrogens with zero attached hydrogens (tertiary/aromatic N) is 1. The number of rotatable bonds is 1. The number of hydrogen-bond acceptors (Lipinski definition) is 2. The highest BCUT2D eigenvalue weighted by molar-refractivity contribution is 7.16. The average Bonchev–Trinajstić information content (AvgIpc) is 2.93. The van der Waals surface area contributed by atoms with Crippen molar-refractivity contribution < 1.29 is 0 Å². The number of benzene rings is 2. The van der Waals surface area contributed by atoms with Crippen LogP contribution >= 0.6 is 22.9 Å². The molecule has 2 aromatic heterocycles. The van der Waals surface area contributed by atoms with Crippen molar-refractivity contribution in [3.05, 3.63) is 65.0 Å². The van der Waals surface area contributed by atoms with E-state index in [4.69, 9.17) is 16.6 Å². The molecule has 0 saturated heterocycles. The fraction of sp³-hybridized carbons (Fsp3) is 0. The first-order valence-electron chi connectivity index (χ1n) is 6.35. The fourth-order valence-corrected chi connectivity index (χ4v) is 3.51. The molecular formula is C17H10ClNS. The Hall–Kier alpha value is -1.90. The molecule has 0 fully saturated rings. The molecule has 2 aromatic carbocycles. The molecule has 1 nitrogen and oxygen atoms in total. The van der Waals surface area contributed by atoms with Crippen molar-refractivity contribution in [3.8, 4) is 11.1 Å². The Balaban J connectivity index is 2.23. The lowest BCUT2D eigenvalue weighted by Gasteiger charge is -2.09. The first-order chi connectivity index (χ1) is 9.83. The predicted molar refractivity (Wildman–Crippen MR) is 87.6 cm³/mol. The van der Waals surface area contributed by atoms with Gasteiger partial charge >= 0.3 is 0 Å². The van der Waals surface area contributed by atoms with Crippen molar-refractivity contribution in [2.45, 2.75) is 0 Å². The van der Waals surface area contributed by atoms with E-state index in [9.17, 15) is 0 Å². The van der Waals surface area contributed by atoms with Crippen LogP contribution < -0.4 is 0 Å². The van der Waals surface area contributed by atoms with Gasteiger partial charge < -0.3 is 0 Å². The van der Waals surface area contributed by atoms with Crippen molar-refractivity contribution in [2.24, 2.45) is 0 Å². The highest BCUT2D eigenvalue weighted by atomic mass is 35.5. The average molecular weight is 296 g/mol. The van der Waals surface area contributed by atoms with Gasteiger partial charge in [-0.2, -0.15) is 0 Å². The number of pyridine rings is 1. The van der Waals surface area contributed by atoms with E-state index >= 15 is 0 Å². The second kappa shape index (κ2) is 4.58. The largest absolute Gasteiger partial charge is 0.237 e. The quantitative estimate of drug-likeness (QED) is 0.434. The van der Waals surface area contributed by atoms with E-state index in [1.54, 1.807) is 11.3 Å². The number of halogens is 1. The molecule has 4 aromatic rings. The summed E-state index contributed by atoms with van der Waals surface area (Å²) in [5.74, 6) is 0. The van der Waals surface area contributed by atoms with Gasteiger partial charge in [0.05, 0.1) is 5.52 Å². The van der Waals surface area contributed by atoms with E-state index in [-0.39, 0.29) is 0 Å². The lowest BCUT2D eigenvalue weighted by molar-refractivity contribution is 1.53. The summed E-state index contributed by atoms with van der Waals surface area (Å²) >= 11 is 7.85. The first-order valence-corrected chi connectivity index (χ1v) is 7.60. The van der Waals surface area contributed by atoms with Crippen molar-refractivity contribution in [1.82, 2.24) is 4.98 Å². The summed E-state index contributed by atoms with van der Waals surface area (Å²) in [5.41, 5.74) is 3.41. The van der Waals surface area contributed by atoms with Crippen LogP contribution in [0.25, 0.3) is 32.2 Å². The Morgan fingerprint density at radius 3 is 2.60 bits per heavy atom. The Morgan fingerprint density at radius 1 is 0.900 bits per heavy atom. The summed E-state index contributed by atoms with van der Waals surface area (Å²) in [6.07, 6.45) is 0. The van der Waals surface area contributed by atoms with Gasteiger partial charge in [-0.15, -0.1) is 11.3 Å². The third kappa shape index (κ3) is 1.80. The molecule has 20 heavy (non-hydrogen) atoms. The molecule has 0 amide bonds. The normalized spacial score (nSPS) is 11.2. The van der Waals surface area contributed by atoms with Gasteiger partial charge in [0.1, 0.15) is 4.83 Å². The molecule has 96 valence electrons. The minimum Gasteiger partial charge on any atom is -0.237 e. The number of hydrogen-bond donors (Lipinski definition) is 0. The van der Waals surface area contributed by atoms with Gasteiger partial charge in [-0.25, -0.2) is 4.98 Å². The summed E-state index contributed by atoms with van der Waals surface area (Å²) in [7, 11) is 0. The van der Waals surface area contributed by atoms with E-state index in [2.05, 4.69) is 35.7 Å².